The lowest BCUT2D eigenvalue weighted by atomic mass is 10.1. The first kappa shape index (κ1) is 29.8. The van der Waals surface area contributed by atoms with Gasteiger partial charge in [0.15, 0.2) is 0 Å². The lowest BCUT2D eigenvalue weighted by Crippen LogP contribution is -2.51. The molecule has 0 heterocycles. The fourth-order valence-electron chi connectivity index (χ4n) is 3.59. The summed E-state index contributed by atoms with van der Waals surface area (Å²) in [6.07, 6.45) is 1.01. The maximum absolute atomic E-state index is 13.7. The van der Waals surface area contributed by atoms with Crippen LogP contribution in [0.3, 0.4) is 0 Å². The Bertz CT molecular complexity index is 1180. The summed E-state index contributed by atoms with van der Waals surface area (Å²) in [5.74, 6) is 0.621. The number of nitrogens with zero attached hydrogens (tertiary/aromatic N) is 2. The van der Waals surface area contributed by atoms with Crippen LogP contribution in [0.4, 0.5) is 5.69 Å². The molecule has 11 heteroatoms. The minimum Gasteiger partial charge on any atom is -0.497 e. The first-order valence-corrected chi connectivity index (χ1v) is 13.7. The maximum atomic E-state index is 13.7. The molecule has 37 heavy (non-hydrogen) atoms. The summed E-state index contributed by atoms with van der Waals surface area (Å²) in [4.78, 5) is 28.0. The topological polar surface area (TPSA) is 114 Å². The molecule has 2 rings (SSSR count). The summed E-state index contributed by atoms with van der Waals surface area (Å²) < 4.78 is 42.4. The molecule has 0 radical (unpaired) electrons. The zero-order chi connectivity index (χ0) is 27.8. The standard InChI is InChI=1S/C26H37N3O7S/c1-18(2)15-27-26(31)19(3)28(16-20-9-8-10-21(13-20)34-4)25(30)17-29(37(7,32)33)23-12-11-22(35-5)14-24(23)36-6/h8-14,18-19H,15-17H2,1-7H3,(H,27,31)/t19-/m0/s1. The molecule has 0 saturated heterocycles. The normalized spacial score (nSPS) is 12.0. The molecule has 0 aliphatic carbocycles. The van der Waals surface area contributed by atoms with Crippen molar-refractivity contribution in [3.05, 3.63) is 48.0 Å². The molecule has 0 saturated carbocycles. The van der Waals surface area contributed by atoms with E-state index in [0.29, 0.717) is 18.0 Å². The molecule has 0 fully saturated rings. The van der Waals surface area contributed by atoms with E-state index < -0.39 is 28.5 Å². The SMILES string of the molecule is COc1cccc(CN(C(=O)CN(c2ccc(OC)cc2OC)S(C)(=O)=O)[C@@H](C)C(=O)NCC(C)C)c1. The monoisotopic (exact) mass is 535 g/mol. The van der Waals surface area contributed by atoms with Gasteiger partial charge in [-0.1, -0.05) is 26.0 Å². The van der Waals surface area contributed by atoms with Gasteiger partial charge in [0.25, 0.3) is 0 Å². The van der Waals surface area contributed by atoms with Crippen LogP contribution in [-0.4, -0.2) is 71.8 Å². The molecule has 0 aliphatic heterocycles. The van der Waals surface area contributed by atoms with Crippen LogP contribution in [0.2, 0.25) is 0 Å². The van der Waals surface area contributed by atoms with Crippen molar-refractivity contribution in [3.63, 3.8) is 0 Å². The van der Waals surface area contributed by atoms with E-state index >= 15 is 0 Å². The van der Waals surface area contributed by atoms with Gasteiger partial charge in [0.05, 0.1) is 33.3 Å². The van der Waals surface area contributed by atoms with Gasteiger partial charge in [0, 0.05) is 19.2 Å². The maximum Gasteiger partial charge on any atom is 0.244 e. The molecular weight excluding hydrogens is 498 g/mol. The van der Waals surface area contributed by atoms with Gasteiger partial charge < -0.3 is 24.4 Å². The highest BCUT2D eigenvalue weighted by atomic mass is 32.2. The quantitative estimate of drug-likeness (QED) is 0.419. The molecule has 1 N–H and O–H groups in total. The van der Waals surface area contributed by atoms with Gasteiger partial charge in [0.1, 0.15) is 29.8 Å². The molecule has 2 aromatic rings. The Morgan fingerprint density at radius 3 is 2.16 bits per heavy atom. The summed E-state index contributed by atoms with van der Waals surface area (Å²) in [6.45, 7) is 5.54. The van der Waals surface area contributed by atoms with Gasteiger partial charge in [-0.25, -0.2) is 8.42 Å². The molecule has 0 spiro atoms. The van der Waals surface area contributed by atoms with Gasteiger partial charge in [-0.3, -0.25) is 13.9 Å². The van der Waals surface area contributed by atoms with Crippen molar-refractivity contribution in [3.8, 4) is 17.2 Å². The lowest BCUT2D eigenvalue weighted by molar-refractivity contribution is -0.139. The highest BCUT2D eigenvalue weighted by molar-refractivity contribution is 7.92. The molecular formula is C26H37N3O7S. The van der Waals surface area contributed by atoms with Crippen molar-refractivity contribution in [1.82, 2.24) is 10.2 Å². The van der Waals surface area contributed by atoms with Crippen LogP contribution >= 0.6 is 0 Å². The van der Waals surface area contributed by atoms with Crippen molar-refractivity contribution in [2.75, 3.05) is 45.0 Å². The average molecular weight is 536 g/mol. The number of ether oxygens (including phenoxy) is 3. The third-order valence-corrected chi connectivity index (χ3v) is 6.80. The minimum atomic E-state index is -3.91. The van der Waals surface area contributed by atoms with Crippen molar-refractivity contribution in [1.29, 1.82) is 0 Å². The van der Waals surface area contributed by atoms with Crippen molar-refractivity contribution < 1.29 is 32.2 Å². The molecule has 10 nitrogen and oxygen atoms in total. The van der Waals surface area contributed by atoms with Crippen LogP contribution in [0.5, 0.6) is 17.2 Å². The zero-order valence-electron chi connectivity index (χ0n) is 22.5. The van der Waals surface area contributed by atoms with E-state index in [1.165, 1.54) is 38.4 Å². The number of amides is 2. The average Bonchev–Trinajstić information content (AvgIpc) is 2.87. The third-order valence-electron chi connectivity index (χ3n) is 5.67. The number of carbonyl (C=O) groups is 2. The van der Waals surface area contributed by atoms with E-state index in [4.69, 9.17) is 14.2 Å². The summed E-state index contributed by atoms with van der Waals surface area (Å²) in [5, 5.41) is 2.85. The first-order chi connectivity index (χ1) is 17.4. The Hall–Kier alpha value is -3.47. The predicted octanol–water partition coefficient (Wildman–Crippen LogP) is 2.67. The molecule has 0 bridgehead atoms. The number of hydrogen-bond acceptors (Lipinski definition) is 7. The largest absolute Gasteiger partial charge is 0.497 e. The van der Waals surface area contributed by atoms with Gasteiger partial charge in [-0.2, -0.15) is 0 Å². The number of sulfonamides is 1. The second kappa shape index (κ2) is 13.2. The van der Waals surface area contributed by atoms with Gasteiger partial charge in [-0.05, 0) is 42.7 Å². The highest BCUT2D eigenvalue weighted by Gasteiger charge is 2.31. The second-order valence-corrected chi connectivity index (χ2v) is 10.9. The van der Waals surface area contributed by atoms with Gasteiger partial charge in [-0.15, -0.1) is 0 Å². The third kappa shape index (κ3) is 8.28. The second-order valence-electron chi connectivity index (χ2n) is 9.00. The van der Waals surface area contributed by atoms with Crippen molar-refractivity contribution in [2.45, 2.75) is 33.4 Å². The fourth-order valence-corrected chi connectivity index (χ4v) is 4.44. The summed E-state index contributed by atoms with van der Waals surface area (Å²) in [6, 6.07) is 10.9. The van der Waals surface area contributed by atoms with Crippen molar-refractivity contribution in [2.24, 2.45) is 5.92 Å². The Morgan fingerprint density at radius 2 is 1.59 bits per heavy atom. The summed E-state index contributed by atoms with van der Waals surface area (Å²) in [7, 11) is 0.513. The van der Waals surface area contributed by atoms with Crippen LogP contribution in [0.25, 0.3) is 0 Å². The number of anilines is 1. The lowest BCUT2D eigenvalue weighted by Gasteiger charge is -2.32. The minimum absolute atomic E-state index is 0.0731. The molecule has 0 unspecified atom stereocenters. The van der Waals surface area contributed by atoms with Crippen LogP contribution in [0.15, 0.2) is 42.5 Å². The van der Waals surface area contributed by atoms with E-state index in [1.54, 1.807) is 31.2 Å². The van der Waals surface area contributed by atoms with E-state index in [1.807, 2.05) is 19.9 Å². The molecule has 2 amide bonds. The van der Waals surface area contributed by atoms with Crippen LogP contribution in [0.1, 0.15) is 26.3 Å². The van der Waals surface area contributed by atoms with E-state index in [0.717, 1.165) is 16.1 Å². The number of hydrogen-bond donors (Lipinski definition) is 1. The van der Waals surface area contributed by atoms with Crippen LogP contribution < -0.4 is 23.8 Å². The van der Waals surface area contributed by atoms with E-state index in [-0.39, 0.29) is 29.8 Å². The smallest absolute Gasteiger partial charge is 0.244 e. The Labute approximate surface area is 219 Å². The molecule has 204 valence electrons. The number of benzene rings is 2. The number of methoxy groups -OCH3 is 3. The summed E-state index contributed by atoms with van der Waals surface area (Å²) in [5.41, 5.74) is 0.904. The van der Waals surface area contributed by atoms with E-state index in [9.17, 15) is 18.0 Å². The Morgan fingerprint density at radius 1 is 0.946 bits per heavy atom. The van der Waals surface area contributed by atoms with Crippen molar-refractivity contribution >= 4 is 27.5 Å². The van der Waals surface area contributed by atoms with Gasteiger partial charge in [0.2, 0.25) is 21.8 Å². The molecule has 0 aliphatic rings. The molecule has 2 aromatic carbocycles. The van der Waals surface area contributed by atoms with Gasteiger partial charge >= 0.3 is 0 Å². The number of carbonyl (C=O) groups excluding carboxylic acids is 2. The number of rotatable bonds is 13. The predicted molar refractivity (Wildman–Crippen MR) is 143 cm³/mol. The van der Waals surface area contributed by atoms with Crippen LogP contribution in [0, 0.1) is 5.92 Å². The Kier molecular flexibility index (Phi) is 10.6. The summed E-state index contributed by atoms with van der Waals surface area (Å²) >= 11 is 0. The Balaban J connectivity index is 2.45. The van der Waals surface area contributed by atoms with E-state index in [2.05, 4.69) is 5.32 Å². The number of nitrogens with one attached hydrogen (secondary N) is 1. The first-order valence-electron chi connectivity index (χ1n) is 11.8. The van der Waals surface area contributed by atoms with Crippen LogP contribution in [-0.2, 0) is 26.2 Å². The molecule has 0 aromatic heterocycles. The fraction of sp³-hybridized carbons (Fsp3) is 0.462. The highest BCUT2D eigenvalue weighted by Crippen LogP contribution is 2.33. The molecule has 1 atom stereocenters. The zero-order valence-corrected chi connectivity index (χ0v) is 23.3.